The minimum absolute atomic E-state index is 0.190. The minimum Gasteiger partial charge on any atom is -0.368 e. The van der Waals surface area contributed by atoms with Gasteiger partial charge in [-0.1, -0.05) is 24.3 Å². The van der Waals surface area contributed by atoms with Crippen LogP contribution in [0, 0.1) is 0 Å². The fourth-order valence-corrected chi connectivity index (χ4v) is 3.18. The number of carbonyl (C=O) groups excluding carboxylic acids is 1. The molecule has 1 aromatic heterocycles. The first-order valence-electron chi connectivity index (χ1n) is 6.38. The van der Waals surface area contributed by atoms with Crippen LogP contribution in [-0.2, 0) is 21.2 Å². The number of fused-ring (bicyclic) bond motifs is 1. The van der Waals surface area contributed by atoms with Crippen LogP contribution in [0.3, 0.4) is 0 Å². The summed E-state index contributed by atoms with van der Waals surface area (Å²) in [5.41, 5.74) is 7.05. The molecule has 0 fully saturated rings. The van der Waals surface area contributed by atoms with E-state index in [9.17, 15) is 13.2 Å². The van der Waals surface area contributed by atoms with Crippen molar-refractivity contribution in [2.45, 2.75) is 12.5 Å². The largest absolute Gasteiger partial charge is 0.368 e. The first kappa shape index (κ1) is 15.3. The molecule has 2 aromatic rings. The zero-order chi connectivity index (χ0) is 15.5. The van der Waals surface area contributed by atoms with E-state index in [1.165, 1.54) is 6.08 Å². The molecule has 1 unspecified atom stereocenters. The highest BCUT2D eigenvalue weighted by molar-refractivity contribution is 7.89. The van der Waals surface area contributed by atoms with Gasteiger partial charge in [0.2, 0.25) is 15.9 Å². The number of benzene rings is 1. The van der Waals surface area contributed by atoms with Crippen LogP contribution in [0.1, 0.15) is 5.56 Å². The lowest BCUT2D eigenvalue weighted by molar-refractivity contribution is -0.119. The molecule has 0 aliphatic heterocycles. The van der Waals surface area contributed by atoms with Gasteiger partial charge in [0.05, 0.1) is 5.75 Å². The molecule has 112 valence electrons. The second-order valence-electron chi connectivity index (χ2n) is 4.71. The maximum atomic E-state index is 11.7. The second-order valence-corrected chi connectivity index (χ2v) is 6.51. The highest BCUT2D eigenvalue weighted by atomic mass is 32.2. The fourth-order valence-electron chi connectivity index (χ4n) is 2.14. The Bertz CT molecular complexity index is 765. The molecule has 0 spiro atoms. The number of H-pyrrole nitrogens is 1. The molecule has 1 atom stereocenters. The molecule has 4 N–H and O–H groups in total. The first-order valence-corrected chi connectivity index (χ1v) is 8.03. The normalized spacial score (nSPS) is 13.1. The predicted octanol–water partition coefficient (Wildman–Crippen LogP) is 0.670. The van der Waals surface area contributed by atoms with Crippen molar-refractivity contribution in [3.8, 4) is 0 Å². The standard InChI is InChI=1S/C14H17N3O3S/c1-2-7-21(19,20)17-13(14(15)18)8-10-9-16-12-6-4-3-5-11(10)12/h2-6,9,13,16-17H,1,7-8H2,(H2,15,18). The van der Waals surface area contributed by atoms with Crippen molar-refractivity contribution in [3.05, 3.63) is 48.7 Å². The number of carbonyl (C=O) groups is 1. The monoisotopic (exact) mass is 307 g/mol. The summed E-state index contributed by atoms with van der Waals surface area (Å²) in [6.07, 6.45) is 3.20. The third-order valence-corrected chi connectivity index (χ3v) is 4.42. The van der Waals surface area contributed by atoms with Crippen LogP contribution in [-0.4, -0.2) is 31.1 Å². The second kappa shape index (κ2) is 6.11. The van der Waals surface area contributed by atoms with E-state index >= 15 is 0 Å². The Kier molecular flexibility index (Phi) is 4.44. The van der Waals surface area contributed by atoms with Crippen molar-refractivity contribution >= 4 is 26.8 Å². The molecule has 0 aliphatic carbocycles. The Morgan fingerprint density at radius 2 is 2.14 bits per heavy atom. The lowest BCUT2D eigenvalue weighted by Gasteiger charge is -2.14. The summed E-state index contributed by atoms with van der Waals surface area (Å²) in [7, 11) is -3.61. The number of nitrogens with two attached hydrogens (primary N) is 1. The van der Waals surface area contributed by atoms with Gasteiger partial charge in [0.25, 0.3) is 0 Å². The summed E-state index contributed by atoms with van der Waals surface area (Å²) in [4.78, 5) is 14.6. The van der Waals surface area contributed by atoms with E-state index in [0.29, 0.717) is 0 Å². The van der Waals surface area contributed by atoms with Gasteiger partial charge in [-0.15, -0.1) is 6.58 Å². The summed E-state index contributed by atoms with van der Waals surface area (Å²) >= 11 is 0. The predicted molar refractivity (Wildman–Crippen MR) is 82.1 cm³/mol. The number of amides is 1. The molecule has 21 heavy (non-hydrogen) atoms. The Morgan fingerprint density at radius 1 is 1.43 bits per heavy atom. The van der Waals surface area contributed by atoms with Gasteiger partial charge in [-0.05, 0) is 18.1 Å². The summed E-state index contributed by atoms with van der Waals surface area (Å²) in [6, 6.07) is 6.58. The summed E-state index contributed by atoms with van der Waals surface area (Å²) in [6.45, 7) is 3.37. The van der Waals surface area contributed by atoms with Gasteiger partial charge in [-0.3, -0.25) is 4.79 Å². The SMILES string of the molecule is C=CCS(=O)(=O)NC(Cc1c[nH]c2ccccc12)C(N)=O. The number of rotatable bonds is 7. The quantitative estimate of drug-likeness (QED) is 0.655. The molecule has 2 rings (SSSR count). The lowest BCUT2D eigenvalue weighted by atomic mass is 10.1. The fraction of sp³-hybridized carbons (Fsp3) is 0.214. The van der Waals surface area contributed by atoms with E-state index in [1.807, 2.05) is 24.3 Å². The van der Waals surface area contributed by atoms with Crippen molar-refractivity contribution in [2.24, 2.45) is 5.73 Å². The van der Waals surface area contributed by atoms with Crippen molar-refractivity contribution in [1.29, 1.82) is 0 Å². The van der Waals surface area contributed by atoms with Crippen LogP contribution in [0.15, 0.2) is 43.1 Å². The van der Waals surface area contributed by atoms with Crippen LogP contribution < -0.4 is 10.5 Å². The maximum absolute atomic E-state index is 11.7. The molecule has 1 amide bonds. The molecule has 7 heteroatoms. The number of sulfonamides is 1. The van der Waals surface area contributed by atoms with Crippen molar-refractivity contribution in [1.82, 2.24) is 9.71 Å². The molecule has 1 aromatic carbocycles. The highest BCUT2D eigenvalue weighted by Gasteiger charge is 2.23. The van der Waals surface area contributed by atoms with Gasteiger partial charge in [-0.25, -0.2) is 13.1 Å². The molecule has 0 radical (unpaired) electrons. The van der Waals surface area contributed by atoms with Gasteiger partial charge in [-0.2, -0.15) is 0 Å². The van der Waals surface area contributed by atoms with Gasteiger partial charge in [0.1, 0.15) is 6.04 Å². The number of aromatic nitrogens is 1. The third kappa shape index (κ3) is 3.71. The van der Waals surface area contributed by atoms with Crippen molar-refractivity contribution < 1.29 is 13.2 Å². The Hall–Kier alpha value is -2.12. The third-order valence-electron chi connectivity index (χ3n) is 3.10. The van der Waals surface area contributed by atoms with E-state index in [1.54, 1.807) is 6.20 Å². The summed E-state index contributed by atoms with van der Waals surface area (Å²) < 4.78 is 25.8. The number of nitrogens with one attached hydrogen (secondary N) is 2. The minimum atomic E-state index is -3.61. The maximum Gasteiger partial charge on any atom is 0.235 e. The molecular formula is C14H17N3O3S. The summed E-state index contributed by atoms with van der Waals surface area (Å²) in [5, 5.41) is 0.937. The van der Waals surface area contributed by atoms with Crippen LogP contribution in [0.2, 0.25) is 0 Å². The number of hydrogen-bond donors (Lipinski definition) is 3. The van der Waals surface area contributed by atoms with E-state index in [4.69, 9.17) is 5.73 Å². The first-order chi connectivity index (χ1) is 9.93. The number of aromatic amines is 1. The molecular weight excluding hydrogens is 290 g/mol. The van der Waals surface area contributed by atoms with Crippen LogP contribution in [0.4, 0.5) is 0 Å². The molecule has 0 bridgehead atoms. The number of hydrogen-bond acceptors (Lipinski definition) is 3. The van der Waals surface area contributed by atoms with Gasteiger partial charge >= 0.3 is 0 Å². The zero-order valence-corrected chi connectivity index (χ0v) is 12.2. The molecule has 1 heterocycles. The van der Waals surface area contributed by atoms with E-state index in [2.05, 4.69) is 16.3 Å². The average Bonchev–Trinajstić information content (AvgIpc) is 2.81. The average molecular weight is 307 g/mol. The van der Waals surface area contributed by atoms with E-state index < -0.39 is 22.0 Å². The molecule has 0 aliphatic rings. The topological polar surface area (TPSA) is 105 Å². The van der Waals surface area contributed by atoms with Gasteiger partial charge < -0.3 is 10.7 Å². The van der Waals surface area contributed by atoms with Crippen LogP contribution >= 0.6 is 0 Å². The van der Waals surface area contributed by atoms with Crippen molar-refractivity contribution in [2.75, 3.05) is 5.75 Å². The number of para-hydroxylation sites is 1. The summed E-state index contributed by atoms with van der Waals surface area (Å²) in [5.74, 6) is -0.974. The molecule has 6 nitrogen and oxygen atoms in total. The van der Waals surface area contributed by atoms with Crippen molar-refractivity contribution in [3.63, 3.8) is 0 Å². The Balaban J connectivity index is 2.24. The van der Waals surface area contributed by atoms with E-state index in [0.717, 1.165) is 16.5 Å². The Morgan fingerprint density at radius 3 is 2.81 bits per heavy atom. The number of primary amides is 1. The molecule has 0 saturated heterocycles. The van der Waals surface area contributed by atoms with E-state index in [-0.39, 0.29) is 12.2 Å². The van der Waals surface area contributed by atoms with Gasteiger partial charge in [0, 0.05) is 17.1 Å². The smallest absolute Gasteiger partial charge is 0.235 e. The molecule has 0 saturated carbocycles. The zero-order valence-electron chi connectivity index (χ0n) is 11.4. The van der Waals surface area contributed by atoms with Crippen LogP contribution in [0.25, 0.3) is 10.9 Å². The van der Waals surface area contributed by atoms with Gasteiger partial charge in [0.15, 0.2) is 0 Å². The lowest BCUT2D eigenvalue weighted by Crippen LogP contribution is -2.46. The van der Waals surface area contributed by atoms with Crippen LogP contribution in [0.5, 0.6) is 0 Å². The Labute approximate surface area is 123 Å². The highest BCUT2D eigenvalue weighted by Crippen LogP contribution is 2.19.